The highest BCUT2D eigenvalue weighted by Crippen LogP contribution is 2.15. The van der Waals surface area contributed by atoms with Crippen molar-refractivity contribution in [2.45, 2.75) is 5.16 Å². The Kier molecular flexibility index (Phi) is 4.90. The van der Waals surface area contributed by atoms with Crippen molar-refractivity contribution in [3.8, 4) is 0 Å². The van der Waals surface area contributed by atoms with Crippen LogP contribution in [0.2, 0.25) is 0 Å². The molecule has 0 radical (unpaired) electrons. The first-order valence-corrected chi connectivity index (χ1v) is 7.13. The normalized spacial score (nSPS) is 12.5. The number of aryl methyl sites for hydroxylation is 1. The monoisotopic (exact) mass is 306 g/mol. The molecule has 0 bridgehead atoms. The number of nitrogens with zero attached hydrogens (tertiary/aromatic N) is 5. The van der Waals surface area contributed by atoms with Crippen LogP contribution in [0, 0.1) is 0 Å². The largest absolute Gasteiger partial charge is 0.410 e. The van der Waals surface area contributed by atoms with Crippen LogP contribution < -0.4 is 5.48 Å². The number of hydroxylamine groups is 1. The second-order valence-corrected chi connectivity index (χ2v) is 4.68. The molecule has 0 aliphatic carbocycles. The van der Waals surface area contributed by atoms with E-state index in [4.69, 9.17) is 0 Å². The van der Waals surface area contributed by atoms with Crippen molar-refractivity contribution in [2.24, 2.45) is 17.2 Å². The molecule has 0 aliphatic heterocycles. The minimum absolute atomic E-state index is 0.0537. The Morgan fingerprint density at radius 3 is 2.57 bits per heavy atom. The van der Waals surface area contributed by atoms with Gasteiger partial charge in [-0.15, -0.1) is 5.10 Å². The number of nitrogens with one attached hydrogen (secondary N) is 1. The third kappa shape index (κ3) is 3.38. The SMILES string of the molecule is CSc1nc(N=C(NO)C(=NO)c2ccccc2)nn1C. The second kappa shape index (κ2) is 6.86. The molecule has 0 unspecified atom stereocenters. The van der Waals surface area contributed by atoms with Crippen LogP contribution in [0.5, 0.6) is 0 Å². The number of oxime groups is 1. The molecule has 0 atom stereocenters. The lowest BCUT2D eigenvalue weighted by atomic mass is 10.1. The lowest BCUT2D eigenvalue weighted by molar-refractivity contribution is 0.236. The standard InChI is InChI=1S/C12H14N6O2S/c1-18-12(21-2)14-11(15-18)13-10(17-20)9(16-19)8-6-4-3-5-7-8/h3-7,19-20H,1-2H3,(H,13,15,17). The molecule has 9 heteroatoms. The number of aliphatic imine (C=N–C) groups is 1. The van der Waals surface area contributed by atoms with Crippen LogP contribution in [-0.2, 0) is 7.05 Å². The van der Waals surface area contributed by atoms with Gasteiger partial charge in [-0.3, -0.25) is 10.7 Å². The smallest absolute Gasteiger partial charge is 0.271 e. The van der Waals surface area contributed by atoms with Crippen molar-refractivity contribution in [1.29, 1.82) is 0 Å². The number of benzene rings is 1. The maximum Gasteiger partial charge on any atom is 0.271 e. The molecule has 3 N–H and O–H groups in total. The van der Waals surface area contributed by atoms with Crippen LogP contribution in [0.25, 0.3) is 0 Å². The quantitative estimate of drug-likeness (QED) is 0.259. The molecular formula is C12H14N6O2S. The molecular weight excluding hydrogens is 292 g/mol. The summed E-state index contributed by atoms with van der Waals surface area (Å²) in [6, 6.07) is 8.83. The van der Waals surface area contributed by atoms with Gasteiger partial charge in [-0.05, 0) is 6.26 Å². The van der Waals surface area contributed by atoms with E-state index in [1.165, 1.54) is 11.8 Å². The van der Waals surface area contributed by atoms with Gasteiger partial charge in [0.05, 0.1) is 0 Å². The molecule has 0 saturated carbocycles. The lowest BCUT2D eigenvalue weighted by Gasteiger charge is -2.05. The zero-order valence-corrected chi connectivity index (χ0v) is 12.2. The van der Waals surface area contributed by atoms with Crippen LogP contribution >= 0.6 is 11.8 Å². The summed E-state index contributed by atoms with van der Waals surface area (Å²) < 4.78 is 1.57. The highest BCUT2D eigenvalue weighted by Gasteiger charge is 2.14. The molecule has 1 heterocycles. The average Bonchev–Trinajstić information content (AvgIpc) is 2.87. The fourth-order valence-electron chi connectivity index (χ4n) is 1.65. The topological polar surface area (TPSA) is 108 Å². The zero-order chi connectivity index (χ0) is 15.2. The number of amidine groups is 1. The van der Waals surface area contributed by atoms with Crippen LogP contribution in [0.1, 0.15) is 5.56 Å². The van der Waals surface area contributed by atoms with E-state index in [1.54, 1.807) is 36.0 Å². The minimum Gasteiger partial charge on any atom is -0.410 e. The highest BCUT2D eigenvalue weighted by molar-refractivity contribution is 7.98. The van der Waals surface area contributed by atoms with E-state index in [-0.39, 0.29) is 17.5 Å². The Labute approximate surface area is 125 Å². The molecule has 110 valence electrons. The molecule has 1 aromatic heterocycles. The van der Waals surface area contributed by atoms with Gasteiger partial charge in [0.2, 0.25) is 0 Å². The van der Waals surface area contributed by atoms with Gasteiger partial charge in [-0.1, -0.05) is 47.2 Å². The number of hydrogen-bond donors (Lipinski definition) is 3. The minimum atomic E-state index is -0.0537. The van der Waals surface area contributed by atoms with E-state index in [2.05, 4.69) is 20.2 Å². The molecule has 2 rings (SSSR count). The van der Waals surface area contributed by atoms with E-state index in [1.807, 2.05) is 17.8 Å². The zero-order valence-electron chi connectivity index (χ0n) is 11.4. The Morgan fingerprint density at radius 1 is 1.33 bits per heavy atom. The highest BCUT2D eigenvalue weighted by atomic mass is 32.2. The molecule has 8 nitrogen and oxygen atoms in total. The summed E-state index contributed by atoms with van der Waals surface area (Å²) in [4.78, 5) is 8.23. The van der Waals surface area contributed by atoms with Crippen molar-refractivity contribution >= 4 is 29.3 Å². The van der Waals surface area contributed by atoms with E-state index in [9.17, 15) is 10.4 Å². The average molecular weight is 306 g/mol. The maximum absolute atomic E-state index is 9.24. The summed E-state index contributed by atoms with van der Waals surface area (Å²) in [5.41, 5.74) is 2.57. The predicted octanol–water partition coefficient (Wildman–Crippen LogP) is 1.42. The number of rotatable bonds is 4. The predicted molar refractivity (Wildman–Crippen MR) is 79.6 cm³/mol. The van der Waals surface area contributed by atoms with Crippen LogP contribution in [0.4, 0.5) is 5.95 Å². The van der Waals surface area contributed by atoms with Crippen LogP contribution in [-0.4, -0.2) is 43.0 Å². The molecule has 2 aromatic rings. The Bertz CT molecular complexity index is 668. The molecule has 0 amide bonds. The second-order valence-electron chi connectivity index (χ2n) is 3.91. The molecule has 0 saturated heterocycles. The third-order valence-electron chi connectivity index (χ3n) is 2.58. The van der Waals surface area contributed by atoms with E-state index in [0.717, 1.165) is 0 Å². The van der Waals surface area contributed by atoms with E-state index in [0.29, 0.717) is 10.7 Å². The van der Waals surface area contributed by atoms with Gasteiger partial charge < -0.3 is 5.21 Å². The van der Waals surface area contributed by atoms with Gasteiger partial charge in [0, 0.05) is 12.6 Å². The Hall–Kier alpha value is -2.39. The van der Waals surface area contributed by atoms with Crippen molar-refractivity contribution in [3.63, 3.8) is 0 Å². The number of thioether (sulfide) groups is 1. The molecule has 0 spiro atoms. The molecule has 0 fully saturated rings. The van der Waals surface area contributed by atoms with E-state index < -0.39 is 0 Å². The van der Waals surface area contributed by atoms with Crippen LogP contribution in [0.3, 0.4) is 0 Å². The van der Waals surface area contributed by atoms with Crippen LogP contribution in [0.15, 0.2) is 45.6 Å². The third-order valence-corrected chi connectivity index (χ3v) is 3.30. The van der Waals surface area contributed by atoms with Crippen molar-refractivity contribution in [2.75, 3.05) is 6.26 Å². The van der Waals surface area contributed by atoms with E-state index >= 15 is 0 Å². The van der Waals surface area contributed by atoms with Crippen molar-refractivity contribution in [3.05, 3.63) is 35.9 Å². The number of aromatic nitrogens is 3. The number of hydrogen-bond acceptors (Lipinski definition) is 7. The van der Waals surface area contributed by atoms with Crippen molar-refractivity contribution in [1.82, 2.24) is 20.2 Å². The van der Waals surface area contributed by atoms with Gasteiger partial charge in [-0.2, -0.15) is 9.98 Å². The van der Waals surface area contributed by atoms with Gasteiger partial charge in [-0.25, -0.2) is 4.68 Å². The first kappa shape index (κ1) is 15.0. The van der Waals surface area contributed by atoms with Gasteiger partial charge >= 0.3 is 0 Å². The first-order valence-electron chi connectivity index (χ1n) is 5.91. The van der Waals surface area contributed by atoms with Gasteiger partial charge in [0.25, 0.3) is 5.95 Å². The summed E-state index contributed by atoms with van der Waals surface area (Å²) >= 11 is 1.42. The van der Waals surface area contributed by atoms with Crippen molar-refractivity contribution < 1.29 is 10.4 Å². The molecule has 0 aliphatic rings. The fourth-order valence-corrected chi connectivity index (χ4v) is 2.13. The summed E-state index contributed by atoms with van der Waals surface area (Å²) in [7, 11) is 1.74. The van der Waals surface area contributed by atoms with Gasteiger partial charge in [0.15, 0.2) is 16.7 Å². The summed E-state index contributed by atoms with van der Waals surface area (Å²) in [5, 5.41) is 26.3. The lowest BCUT2D eigenvalue weighted by Crippen LogP contribution is -2.29. The molecule has 21 heavy (non-hydrogen) atoms. The summed E-state index contributed by atoms with van der Waals surface area (Å²) in [6.07, 6.45) is 1.87. The Morgan fingerprint density at radius 2 is 2.05 bits per heavy atom. The Balaban J connectivity index is 2.39. The maximum atomic E-state index is 9.24. The first-order chi connectivity index (χ1) is 10.2. The summed E-state index contributed by atoms with van der Waals surface area (Å²) in [6.45, 7) is 0. The summed E-state index contributed by atoms with van der Waals surface area (Å²) in [5.74, 6) is 0.0948. The molecule has 1 aromatic carbocycles. The van der Waals surface area contributed by atoms with Gasteiger partial charge in [0.1, 0.15) is 0 Å². The fraction of sp³-hybridized carbons (Fsp3) is 0.167.